The van der Waals surface area contributed by atoms with E-state index in [0.717, 1.165) is 11.5 Å². The number of aromatic nitrogens is 4. The van der Waals surface area contributed by atoms with Crippen LogP contribution in [0.4, 0.5) is 5.00 Å². The largest absolute Gasteiger partial charge is 0.461 e. The second kappa shape index (κ2) is 7.66. The molecule has 0 saturated carbocycles. The van der Waals surface area contributed by atoms with E-state index >= 15 is 0 Å². The summed E-state index contributed by atoms with van der Waals surface area (Å²) >= 11 is 0.898. The Kier molecular flexibility index (Phi) is 5.14. The molecule has 0 spiro atoms. The predicted molar refractivity (Wildman–Crippen MR) is 84.8 cm³/mol. The van der Waals surface area contributed by atoms with E-state index in [0.29, 0.717) is 17.5 Å². The summed E-state index contributed by atoms with van der Waals surface area (Å²) in [6, 6.07) is 3.41. The number of esters is 1. The van der Waals surface area contributed by atoms with Crippen LogP contribution in [0.1, 0.15) is 29.7 Å². The Morgan fingerprint density at radius 1 is 1.40 bits per heavy atom. The minimum Gasteiger partial charge on any atom is -0.461 e. The zero-order chi connectivity index (χ0) is 17.6. The number of anilines is 1. The van der Waals surface area contributed by atoms with Gasteiger partial charge in [-0.2, -0.15) is 4.98 Å². The van der Waals surface area contributed by atoms with Gasteiger partial charge in [0.15, 0.2) is 10.8 Å². The number of furan rings is 1. The van der Waals surface area contributed by atoms with E-state index in [1.165, 1.54) is 6.26 Å². The molecule has 0 aliphatic rings. The number of carbonyl (C=O) groups excluding carboxylic acids is 2. The van der Waals surface area contributed by atoms with E-state index in [-0.39, 0.29) is 36.1 Å². The van der Waals surface area contributed by atoms with Gasteiger partial charge in [-0.15, -0.1) is 5.10 Å². The molecule has 0 atom stereocenters. The minimum absolute atomic E-state index is 0.0157. The van der Waals surface area contributed by atoms with Crippen molar-refractivity contribution in [1.29, 1.82) is 0 Å². The van der Waals surface area contributed by atoms with Gasteiger partial charge in [-0.05, 0) is 19.1 Å². The van der Waals surface area contributed by atoms with Gasteiger partial charge < -0.3 is 19.0 Å². The fourth-order valence-corrected chi connectivity index (χ4v) is 2.45. The van der Waals surface area contributed by atoms with E-state index in [9.17, 15) is 9.59 Å². The summed E-state index contributed by atoms with van der Waals surface area (Å²) in [4.78, 5) is 27.9. The monoisotopic (exact) mass is 363 g/mol. The molecule has 0 fully saturated rings. The third-order valence-corrected chi connectivity index (χ3v) is 3.63. The standard InChI is InChI=1S/C14H13N5O5S/c1-2-22-14(21)11-13(25-19-17-11)15-9(20)5-6-10-16-12(18-24-10)8-4-3-7-23-8/h3-4,7H,2,5-6H2,1H3,(H,15,20). The summed E-state index contributed by atoms with van der Waals surface area (Å²) in [6.07, 6.45) is 1.82. The third kappa shape index (κ3) is 4.07. The number of nitrogens with zero attached hydrogens (tertiary/aromatic N) is 4. The van der Waals surface area contributed by atoms with Crippen molar-refractivity contribution in [3.05, 3.63) is 30.0 Å². The third-order valence-electron chi connectivity index (χ3n) is 2.99. The number of rotatable bonds is 7. The van der Waals surface area contributed by atoms with Gasteiger partial charge in [0, 0.05) is 24.4 Å². The summed E-state index contributed by atoms with van der Waals surface area (Å²) in [5.74, 6) is 0.126. The molecule has 11 heteroatoms. The van der Waals surface area contributed by atoms with Crippen molar-refractivity contribution in [3.63, 3.8) is 0 Å². The van der Waals surface area contributed by atoms with Crippen LogP contribution in [0, 0.1) is 0 Å². The summed E-state index contributed by atoms with van der Waals surface area (Å²) < 4.78 is 18.7. The van der Waals surface area contributed by atoms with Crippen LogP contribution in [0.2, 0.25) is 0 Å². The molecule has 3 aromatic rings. The van der Waals surface area contributed by atoms with Crippen molar-refractivity contribution in [3.8, 4) is 11.6 Å². The fourth-order valence-electron chi connectivity index (χ4n) is 1.88. The van der Waals surface area contributed by atoms with Gasteiger partial charge in [-0.1, -0.05) is 9.64 Å². The molecule has 3 aromatic heterocycles. The maximum absolute atomic E-state index is 12.0. The maximum Gasteiger partial charge on any atom is 0.362 e. The molecule has 25 heavy (non-hydrogen) atoms. The van der Waals surface area contributed by atoms with Crippen LogP contribution in [0.5, 0.6) is 0 Å². The van der Waals surface area contributed by atoms with Gasteiger partial charge in [0.05, 0.1) is 12.9 Å². The average molecular weight is 363 g/mol. The van der Waals surface area contributed by atoms with Crippen molar-refractivity contribution >= 4 is 28.4 Å². The van der Waals surface area contributed by atoms with Crippen LogP contribution >= 0.6 is 11.5 Å². The predicted octanol–water partition coefficient (Wildman–Crippen LogP) is 1.93. The summed E-state index contributed by atoms with van der Waals surface area (Å²) in [7, 11) is 0. The van der Waals surface area contributed by atoms with E-state index in [2.05, 4.69) is 25.0 Å². The van der Waals surface area contributed by atoms with Gasteiger partial charge in [0.25, 0.3) is 0 Å². The molecule has 1 N–H and O–H groups in total. The zero-order valence-corrected chi connectivity index (χ0v) is 13.9. The van der Waals surface area contributed by atoms with Gasteiger partial charge in [0.1, 0.15) is 0 Å². The normalized spacial score (nSPS) is 10.6. The van der Waals surface area contributed by atoms with Crippen molar-refractivity contribution < 1.29 is 23.3 Å². The first-order valence-corrected chi connectivity index (χ1v) is 8.10. The van der Waals surface area contributed by atoms with Crippen LogP contribution in [0.25, 0.3) is 11.6 Å². The first-order valence-electron chi connectivity index (χ1n) is 7.33. The number of nitrogens with one attached hydrogen (secondary N) is 1. The highest BCUT2D eigenvalue weighted by molar-refractivity contribution is 7.10. The second-order valence-corrected chi connectivity index (χ2v) is 5.46. The van der Waals surface area contributed by atoms with Crippen molar-refractivity contribution in [2.45, 2.75) is 19.8 Å². The SMILES string of the molecule is CCOC(=O)c1nnsc1NC(=O)CCc1nc(-c2ccco2)no1. The lowest BCUT2D eigenvalue weighted by Gasteiger charge is -2.03. The molecular formula is C14H13N5O5S. The maximum atomic E-state index is 12.0. The number of amides is 1. The van der Waals surface area contributed by atoms with Gasteiger partial charge in [-0.25, -0.2) is 4.79 Å². The minimum atomic E-state index is -0.633. The Balaban J connectivity index is 1.55. The first-order chi connectivity index (χ1) is 12.2. The topological polar surface area (TPSA) is 133 Å². The molecule has 0 aliphatic carbocycles. The van der Waals surface area contributed by atoms with E-state index in [1.54, 1.807) is 19.1 Å². The highest BCUT2D eigenvalue weighted by Gasteiger charge is 2.20. The molecule has 0 unspecified atom stereocenters. The summed E-state index contributed by atoms with van der Waals surface area (Å²) in [6.45, 7) is 1.89. The number of ether oxygens (including phenoxy) is 1. The van der Waals surface area contributed by atoms with E-state index < -0.39 is 5.97 Å². The highest BCUT2D eigenvalue weighted by Crippen LogP contribution is 2.19. The van der Waals surface area contributed by atoms with Crippen molar-refractivity contribution in [1.82, 2.24) is 19.7 Å². The van der Waals surface area contributed by atoms with Crippen LogP contribution in [-0.2, 0) is 16.0 Å². The first kappa shape index (κ1) is 16.8. The molecule has 3 heterocycles. The molecular weight excluding hydrogens is 350 g/mol. The molecule has 3 rings (SSSR count). The summed E-state index contributed by atoms with van der Waals surface area (Å²) in [5.41, 5.74) is -0.0157. The quantitative estimate of drug-likeness (QED) is 0.625. The Hall–Kier alpha value is -3.08. The molecule has 0 aliphatic heterocycles. The number of hydrogen-bond acceptors (Lipinski definition) is 10. The molecule has 10 nitrogen and oxygen atoms in total. The lowest BCUT2D eigenvalue weighted by Crippen LogP contribution is -2.15. The highest BCUT2D eigenvalue weighted by atomic mass is 32.1. The van der Waals surface area contributed by atoms with Crippen LogP contribution < -0.4 is 5.32 Å². The Bertz CT molecular complexity index is 857. The number of carbonyl (C=O) groups is 2. The number of hydrogen-bond donors (Lipinski definition) is 1. The molecule has 0 bridgehead atoms. The Labute approximate surface area is 145 Å². The Morgan fingerprint density at radius 2 is 2.28 bits per heavy atom. The molecule has 0 radical (unpaired) electrons. The fraction of sp³-hybridized carbons (Fsp3) is 0.286. The van der Waals surface area contributed by atoms with E-state index in [1.807, 2.05) is 0 Å². The van der Waals surface area contributed by atoms with Crippen molar-refractivity contribution in [2.24, 2.45) is 0 Å². The van der Waals surface area contributed by atoms with E-state index in [4.69, 9.17) is 13.7 Å². The summed E-state index contributed by atoms with van der Waals surface area (Å²) in [5, 5.41) is 10.3. The van der Waals surface area contributed by atoms with Gasteiger partial charge >= 0.3 is 5.97 Å². The van der Waals surface area contributed by atoms with Gasteiger partial charge in [0.2, 0.25) is 23.3 Å². The lowest BCUT2D eigenvalue weighted by atomic mass is 10.3. The van der Waals surface area contributed by atoms with Crippen LogP contribution in [0.3, 0.4) is 0 Å². The Morgan fingerprint density at radius 3 is 3.04 bits per heavy atom. The van der Waals surface area contributed by atoms with Crippen LogP contribution in [-0.4, -0.2) is 38.2 Å². The molecule has 0 aromatic carbocycles. The number of aryl methyl sites for hydroxylation is 1. The zero-order valence-electron chi connectivity index (χ0n) is 13.1. The van der Waals surface area contributed by atoms with Gasteiger partial charge in [-0.3, -0.25) is 4.79 Å². The second-order valence-electron chi connectivity index (χ2n) is 4.71. The molecule has 130 valence electrons. The molecule has 1 amide bonds. The average Bonchev–Trinajstić information content (AvgIpc) is 3.34. The lowest BCUT2D eigenvalue weighted by molar-refractivity contribution is -0.116. The smallest absolute Gasteiger partial charge is 0.362 e. The molecule has 0 saturated heterocycles. The van der Waals surface area contributed by atoms with Crippen molar-refractivity contribution in [2.75, 3.05) is 11.9 Å². The van der Waals surface area contributed by atoms with Crippen LogP contribution in [0.15, 0.2) is 27.3 Å².